The van der Waals surface area contributed by atoms with Crippen LogP contribution in [0.5, 0.6) is 11.5 Å². The van der Waals surface area contributed by atoms with Crippen molar-refractivity contribution in [2.75, 3.05) is 11.9 Å². The maximum Gasteiger partial charge on any atom is 0.129 e. The summed E-state index contributed by atoms with van der Waals surface area (Å²) in [6.07, 6.45) is 1.17. The maximum absolute atomic E-state index is 5.81. The van der Waals surface area contributed by atoms with Crippen LogP contribution in [0.3, 0.4) is 0 Å². The first-order valence-corrected chi connectivity index (χ1v) is 6.81. The second-order valence-electron chi connectivity index (χ2n) is 5.05. The Morgan fingerprint density at radius 3 is 2.42 bits per heavy atom. The first-order chi connectivity index (χ1) is 9.24. The van der Waals surface area contributed by atoms with Gasteiger partial charge in [-0.3, -0.25) is 0 Å². The maximum atomic E-state index is 5.81. The van der Waals surface area contributed by atoms with Crippen LogP contribution in [-0.4, -0.2) is 6.54 Å². The molecule has 0 atom stereocenters. The third-order valence-electron chi connectivity index (χ3n) is 2.86. The van der Waals surface area contributed by atoms with Crippen LogP contribution < -0.4 is 10.1 Å². The molecule has 0 unspecified atom stereocenters. The van der Waals surface area contributed by atoms with Crippen LogP contribution in [0.15, 0.2) is 54.6 Å². The number of benzene rings is 2. The minimum Gasteiger partial charge on any atom is -0.457 e. The van der Waals surface area contributed by atoms with Gasteiger partial charge in [-0.15, -0.1) is 0 Å². The van der Waals surface area contributed by atoms with Gasteiger partial charge in [-0.05, 0) is 36.6 Å². The van der Waals surface area contributed by atoms with Crippen LogP contribution in [0.1, 0.15) is 20.3 Å². The second kappa shape index (κ2) is 6.83. The zero-order valence-electron chi connectivity index (χ0n) is 11.6. The quantitative estimate of drug-likeness (QED) is 0.789. The topological polar surface area (TPSA) is 21.3 Å². The monoisotopic (exact) mass is 255 g/mol. The highest BCUT2D eigenvalue weighted by Gasteiger charge is 1.99. The molecule has 0 aliphatic rings. The lowest BCUT2D eigenvalue weighted by Gasteiger charge is -2.10. The Bertz CT molecular complexity index is 494. The van der Waals surface area contributed by atoms with Crippen LogP contribution in [0.25, 0.3) is 0 Å². The van der Waals surface area contributed by atoms with Crippen molar-refractivity contribution in [3.05, 3.63) is 54.6 Å². The van der Waals surface area contributed by atoms with E-state index in [4.69, 9.17) is 4.74 Å². The molecule has 0 aliphatic heterocycles. The summed E-state index contributed by atoms with van der Waals surface area (Å²) >= 11 is 0. The van der Waals surface area contributed by atoms with E-state index < -0.39 is 0 Å². The fraction of sp³-hybridized carbons (Fsp3) is 0.294. The Labute approximate surface area is 115 Å². The molecule has 2 aromatic carbocycles. The molecule has 19 heavy (non-hydrogen) atoms. The molecule has 0 saturated carbocycles. The second-order valence-corrected chi connectivity index (χ2v) is 5.05. The number of para-hydroxylation sites is 1. The van der Waals surface area contributed by atoms with E-state index >= 15 is 0 Å². The zero-order valence-corrected chi connectivity index (χ0v) is 11.6. The standard InChI is InChI=1S/C17H21NO/c1-14(2)11-12-18-15-7-6-10-17(13-15)19-16-8-4-3-5-9-16/h3-10,13-14,18H,11-12H2,1-2H3. The average molecular weight is 255 g/mol. The van der Waals surface area contributed by atoms with Crippen molar-refractivity contribution in [2.24, 2.45) is 5.92 Å². The zero-order chi connectivity index (χ0) is 13.5. The molecular formula is C17H21NO. The van der Waals surface area contributed by atoms with Crippen molar-refractivity contribution in [3.8, 4) is 11.5 Å². The summed E-state index contributed by atoms with van der Waals surface area (Å²) in [5.41, 5.74) is 1.11. The lowest BCUT2D eigenvalue weighted by molar-refractivity contribution is 0.483. The van der Waals surface area contributed by atoms with Crippen LogP contribution in [-0.2, 0) is 0 Å². The van der Waals surface area contributed by atoms with E-state index in [9.17, 15) is 0 Å². The molecule has 0 radical (unpaired) electrons. The molecular weight excluding hydrogens is 234 g/mol. The number of hydrogen-bond acceptors (Lipinski definition) is 2. The van der Waals surface area contributed by atoms with Gasteiger partial charge in [0.05, 0.1) is 0 Å². The van der Waals surface area contributed by atoms with Crippen LogP contribution in [0.2, 0.25) is 0 Å². The molecule has 0 heterocycles. The largest absolute Gasteiger partial charge is 0.457 e. The van der Waals surface area contributed by atoms with Gasteiger partial charge in [0, 0.05) is 18.3 Å². The molecule has 0 saturated heterocycles. The summed E-state index contributed by atoms with van der Waals surface area (Å²) in [6.45, 7) is 5.46. The molecule has 2 heteroatoms. The lowest BCUT2D eigenvalue weighted by atomic mass is 10.1. The minimum absolute atomic E-state index is 0.719. The first-order valence-electron chi connectivity index (χ1n) is 6.81. The van der Waals surface area contributed by atoms with Crippen molar-refractivity contribution < 1.29 is 4.74 Å². The summed E-state index contributed by atoms with van der Waals surface area (Å²) < 4.78 is 5.81. The molecule has 100 valence electrons. The van der Waals surface area contributed by atoms with Crippen molar-refractivity contribution in [1.29, 1.82) is 0 Å². The van der Waals surface area contributed by atoms with E-state index in [1.54, 1.807) is 0 Å². The Morgan fingerprint density at radius 2 is 1.68 bits per heavy atom. The van der Waals surface area contributed by atoms with Gasteiger partial charge in [-0.1, -0.05) is 38.1 Å². The summed E-state index contributed by atoms with van der Waals surface area (Å²) in [5, 5.41) is 3.42. The van der Waals surface area contributed by atoms with Gasteiger partial charge in [0.2, 0.25) is 0 Å². The van der Waals surface area contributed by atoms with Gasteiger partial charge in [0.25, 0.3) is 0 Å². The van der Waals surface area contributed by atoms with Gasteiger partial charge in [0.15, 0.2) is 0 Å². The SMILES string of the molecule is CC(C)CCNc1cccc(Oc2ccccc2)c1. The fourth-order valence-corrected chi connectivity index (χ4v) is 1.80. The van der Waals surface area contributed by atoms with E-state index in [2.05, 4.69) is 25.2 Å². The lowest BCUT2D eigenvalue weighted by Crippen LogP contribution is -2.04. The predicted octanol–water partition coefficient (Wildman–Crippen LogP) is 4.94. The first kappa shape index (κ1) is 13.5. The Balaban J connectivity index is 1.95. The van der Waals surface area contributed by atoms with E-state index in [0.29, 0.717) is 0 Å². The number of nitrogens with one attached hydrogen (secondary N) is 1. The van der Waals surface area contributed by atoms with Gasteiger partial charge in [0.1, 0.15) is 11.5 Å². The van der Waals surface area contributed by atoms with Crippen molar-refractivity contribution in [1.82, 2.24) is 0 Å². The molecule has 0 aliphatic carbocycles. The van der Waals surface area contributed by atoms with Crippen molar-refractivity contribution in [2.45, 2.75) is 20.3 Å². The minimum atomic E-state index is 0.719. The molecule has 0 fully saturated rings. The highest BCUT2D eigenvalue weighted by Crippen LogP contribution is 2.23. The molecule has 0 bridgehead atoms. The van der Waals surface area contributed by atoms with Gasteiger partial charge in [-0.2, -0.15) is 0 Å². The van der Waals surface area contributed by atoms with Gasteiger partial charge in [-0.25, -0.2) is 0 Å². The smallest absolute Gasteiger partial charge is 0.129 e. The summed E-state index contributed by atoms with van der Waals surface area (Å²) in [6, 6.07) is 17.9. The van der Waals surface area contributed by atoms with E-state index in [-0.39, 0.29) is 0 Å². The highest BCUT2D eigenvalue weighted by molar-refractivity contribution is 5.49. The number of ether oxygens (including phenoxy) is 1. The van der Waals surface area contributed by atoms with E-state index in [1.165, 1.54) is 6.42 Å². The van der Waals surface area contributed by atoms with Crippen LogP contribution >= 0.6 is 0 Å². The van der Waals surface area contributed by atoms with Gasteiger partial charge < -0.3 is 10.1 Å². The van der Waals surface area contributed by atoms with Gasteiger partial charge >= 0.3 is 0 Å². The molecule has 2 nitrogen and oxygen atoms in total. The van der Waals surface area contributed by atoms with E-state index in [0.717, 1.165) is 29.6 Å². The Kier molecular flexibility index (Phi) is 4.85. The Morgan fingerprint density at radius 1 is 0.947 bits per heavy atom. The molecule has 2 aromatic rings. The molecule has 0 amide bonds. The highest BCUT2D eigenvalue weighted by atomic mass is 16.5. The average Bonchev–Trinajstić information content (AvgIpc) is 2.40. The van der Waals surface area contributed by atoms with Crippen LogP contribution in [0, 0.1) is 5.92 Å². The molecule has 2 rings (SSSR count). The summed E-state index contributed by atoms with van der Waals surface area (Å²) in [5.74, 6) is 2.44. The molecule has 0 spiro atoms. The van der Waals surface area contributed by atoms with Crippen molar-refractivity contribution >= 4 is 5.69 Å². The summed E-state index contributed by atoms with van der Waals surface area (Å²) in [4.78, 5) is 0. The summed E-state index contributed by atoms with van der Waals surface area (Å²) in [7, 11) is 0. The van der Waals surface area contributed by atoms with Crippen molar-refractivity contribution in [3.63, 3.8) is 0 Å². The molecule has 1 N–H and O–H groups in total. The number of anilines is 1. The molecule has 0 aromatic heterocycles. The van der Waals surface area contributed by atoms with E-state index in [1.807, 2.05) is 48.5 Å². The fourth-order valence-electron chi connectivity index (χ4n) is 1.80. The van der Waals surface area contributed by atoms with Crippen LogP contribution in [0.4, 0.5) is 5.69 Å². The Hall–Kier alpha value is -1.96. The predicted molar refractivity (Wildman–Crippen MR) is 80.9 cm³/mol. The normalized spacial score (nSPS) is 10.5. The number of rotatable bonds is 6. The number of hydrogen-bond donors (Lipinski definition) is 1. The third kappa shape index (κ3) is 4.66. The third-order valence-corrected chi connectivity index (χ3v) is 2.86.